The Bertz CT molecular complexity index is 774. The van der Waals surface area contributed by atoms with Crippen molar-refractivity contribution >= 4 is 11.6 Å². The first kappa shape index (κ1) is 14.8. The van der Waals surface area contributed by atoms with Crippen molar-refractivity contribution in [1.82, 2.24) is 20.3 Å². The van der Waals surface area contributed by atoms with E-state index in [1.54, 1.807) is 0 Å². The van der Waals surface area contributed by atoms with Crippen LogP contribution in [-0.4, -0.2) is 20.3 Å². The lowest BCUT2D eigenvalue weighted by Gasteiger charge is -2.08. The van der Waals surface area contributed by atoms with Gasteiger partial charge in [-0.05, 0) is 37.5 Å². The minimum atomic E-state index is 0.248. The predicted molar refractivity (Wildman–Crippen MR) is 84.9 cm³/mol. The van der Waals surface area contributed by atoms with Crippen LogP contribution >= 0.6 is 11.6 Å². The molecule has 0 aliphatic rings. The summed E-state index contributed by atoms with van der Waals surface area (Å²) < 4.78 is 5.37. The smallest absolute Gasteiger partial charge is 0.227 e. The lowest BCUT2D eigenvalue weighted by molar-refractivity contribution is 0.371. The highest BCUT2D eigenvalue weighted by atomic mass is 35.5. The van der Waals surface area contributed by atoms with Crippen LogP contribution in [0.1, 0.15) is 35.7 Å². The Balaban J connectivity index is 1.82. The highest BCUT2D eigenvalue weighted by Crippen LogP contribution is 2.28. The fraction of sp³-hybridized carbons (Fsp3) is 0.312. The molecule has 2 heterocycles. The second-order valence-electron chi connectivity index (χ2n) is 5.44. The zero-order valence-electron chi connectivity index (χ0n) is 12.7. The van der Waals surface area contributed by atoms with Gasteiger partial charge in [0, 0.05) is 17.7 Å². The van der Waals surface area contributed by atoms with Gasteiger partial charge in [-0.2, -0.15) is 10.1 Å². The first-order valence-corrected chi connectivity index (χ1v) is 7.53. The van der Waals surface area contributed by atoms with E-state index in [1.165, 1.54) is 5.56 Å². The van der Waals surface area contributed by atoms with Crippen molar-refractivity contribution in [2.45, 2.75) is 33.1 Å². The summed E-state index contributed by atoms with van der Waals surface area (Å²) in [4.78, 5) is 4.46. The first-order chi connectivity index (χ1) is 10.6. The number of nitrogens with zero attached hydrogens (tertiary/aromatic N) is 3. The average Bonchev–Trinajstić information content (AvgIpc) is 3.06. The molecule has 0 saturated heterocycles. The largest absolute Gasteiger partial charge is 0.339 e. The molecule has 114 valence electrons. The van der Waals surface area contributed by atoms with Gasteiger partial charge in [0.1, 0.15) is 0 Å². The number of hydrogen-bond donors (Lipinski definition) is 1. The van der Waals surface area contributed by atoms with E-state index in [4.69, 9.17) is 16.1 Å². The van der Waals surface area contributed by atoms with Gasteiger partial charge in [-0.3, -0.25) is 5.10 Å². The Labute approximate surface area is 133 Å². The summed E-state index contributed by atoms with van der Waals surface area (Å²) in [7, 11) is 0. The van der Waals surface area contributed by atoms with Crippen LogP contribution in [0.15, 0.2) is 28.8 Å². The minimum absolute atomic E-state index is 0.248. The van der Waals surface area contributed by atoms with Gasteiger partial charge < -0.3 is 4.52 Å². The maximum absolute atomic E-state index is 6.16. The van der Waals surface area contributed by atoms with Gasteiger partial charge in [-0.25, -0.2) is 0 Å². The number of nitrogens with one attached hydrogen (secondary N) is 1. The number of rotatable bonds is 4. The van der Waals surface area contributed by atoms with Crippen LogP contribution in [0.25, 0.3) is 11.4 Å². The third kappa shape index (κ3) is 2.76. The Morgan fingerprint density at radius 2 is 2.05 bits per heavy atom. The van der Waals surface area contributed by atoms with Gasteiger partial charge in [0.2, 0.25) is 11.7 Å². The molecule has 22 heavy (non-hydrogen) atoms. The van der Waals surface area contributed by atoms with E-state index in [1.807, 2.05) is 38.1 Å². The van der Waals surface area contributed by atoms with Gasteiger partial charge in [-0.15, -0.1) is 0 Å². The zero-order chi connectivity index (χ0) is 15.7. The molecule has 0 aliphatic carbocycles. The summed E-state index contributed by atoms with van der Waals surface area (Å²) >= 11 is 6.16. The van der Waals surface area contributed by atoms with Gasteiger partial charge in [-0.1, -0.05) is 35.8 Å². The van der Waals surface area contributed by atoms with Crippen molar-refractivity contribution in [3.63, 3.8) is 0 Å². The van der Waals surface area contributed by atoms with E-state index in [0.717, 1.165) is 17.0 Å². The number of aryl methyl sites for hydroxylation is 2. The fourth-order valence-corrected chi connectivity index (χ4v) is 2.96. The molecule has 0 spiro atoms. The zero-order valence-corrected chi connectivity index (χ0v) is 13.5. The van der Waals surface area contributed by atoms with Crippen molar-refractivity contribution in [3.8, 4) is 11.4 Å². The molecule has 5 nitrogen and oxygen atoms in total. The lowest BCUT2D eigenvalue weighted by atomic mass is 9.96. The highest BCUT2D eigenvalue weighted by molar-refractivity contribution is 6.33. The molecule has 0 fully saturated rings. The minimum Gasteiger partial charge on any atom is -0.339 e. The molecule has 1 atom stereocenters. The second-order valence-corrected chi connectivity index (χ2v) is 5.85. The van der Waals surface area contributed by atoms with Gasteiger partial charge in [0.15, 0.2) is 0 Å². The quantitative estimate of drug-likeness (QED) is 0.787. The molecule has 0 saturated carbocycles. The van der Waals surface area contributed by atoms with Gasteiger partial charge in [0.25, 0.3) is 0 Å². The normalized spacial score (nSPS) is 12.5. The molecular weight excluding hydrogens is 300 g/mol. The Kier molecular flexibility index (Phi) is 3.98. The molecule has 0 bridgehead atoms. The van der Waals surface area contributed by atoms with E-state index in [2.05, 4.69) is 27.3 Å². The van der Waals surface area contributed by atoms with E-state index in [0.29, 0.717) is 23.2 Å². The predicted octanol–water partition coefficient (Wildman–Crippen LogP) is 4.08. The van der Waals surface area contributed by atoms with E-state index in [9.17, 15) is 0 Å². The number of benzene rings is 1. The third-order valence-electron chi connectivity index (χ3n) is 3.74. The third-order valence-corrected chi connectivity index (χ3v) is 4.07. The Hall–Kier alpha value is -2.14. The summed E-state index contributed by atoms with van der Waals surface area (Å²) in [6.45, 7) is 6.15. The standard InChI is InChI=1S/C16H17ClN4O/c1-9(15-10(2)19-20-11(15)3)8-14-18-16(21-22-14)12-6-4-5-7-13(12)17/h4-7,9H,8H2,1-3H3,(H,19,20)/t9-/m0/s1. The Morgan fingerprint density at radius 1 is 1.27 bits per heavy atom. The van der Waals surface area contributed by atoms with Crippen molar-refractivity contribution < 1.29 is 4.52 Å². The van der Waals surface area contributed by atoms with E-state index < -0.39 is 0 Å². The summed E-state index contributed by atoms with van der Waals surface area (Å²) in [5.41, 5.74) is 4.08. The van der Waals surface area contributed by atoms with Gasteiger partial charge >= 0.3 is 0 Å². The molecule has 2 aromatic heterocycles. The molecule has 1 N–H and O–H groups in total. The van der Waals surface area contributed by atoms with E-state index in [-0.39, 0.29) is 5.92 Å². The number of hydrogen-bond acceptors (Lipinski definition) is 4. The van der Waals surface area contributed by atoms with Crippen molar-refractivity contribution in [1.29, 1.82) is 0 Å². The van der Waals surface area contributed by atoms with Crippen molar-refractivity contribution in [3.05, 3.63) is 52.1 Å². The number of H-pyrrole nitrogens is 1. The molecule has 6 heteroatoms. The maximum atomic E-state index is 6.16. The van der Waals surface area contributed by atoms with Crippen molar-refractivity contribution in [2.24, 2.45) is 0 Å². The van der Waals surface area contributed by atoms with Gasteiger partial charge in [0.05, 0.1) is 10.7 Å². The topological polar surface area (TPSA) is 67.6 Å². The number of aromatic nitrogens is 4. The fourth-order valence-electron chi connectivity index (χ4n) is 2.74. The highest BCUT2D eigenvalue weighted by Gasteiger charge is 2.19. The van der Waals surface area contributed by atoms with Crippen LogP contribution in [0.4, 0.5) is 0 Å². The molecule has 0 unspecified atom stereocenters. The monoisotopic (exact) mass is 316 g/mol. The summed E-state index contributed by atoms with van der Waals surface area (Å²) in [5, 5.41) is 11.9. The van der Waals surface area contributed by atoms with Crippen LogP contribution in [0, 0.1) is 13.8 Å². The average molecular weight is 317 g/mol. The molecule has 0 aliphatic heterocycles. The molecule has 3 rings (SSSR count). The number of aromatic amines is 1. The first-order valence-electron chi connectivity index (χ1n) is 7.15. The SMILES string of the molecule is Cc1n[nH]c(C)c1[C@@H](C)Cc1nc(-c2ccccc2Cl)no1. The lowest BCUT2D eigenvalue weighted by Crippen LogP contribution is -2.01. The molecule has 3 aromatic rings. The van der Waals surface area contributed by atoms with E-state index >= 15 is 0 Å². The Morgan fingerprint density at radius 3 is 2.73 bits per heavy atom. The van der Waals surface area contributed by atoms with Crippen LogP contribution in [0.5, 0.6) is 0 Å². The summed E-state index contributed by atoms with van der Waals surface area (Å²) in [6, 6.07) is 7.47. The van der Waals surface area contributed by atoms with Crippen molar-refractivity contribution in [2.75, 3.05) is 0 Å². The van der Waals surface area contributed by atoms with Crippen LogP contribution in [-0.2, 0) is 6.42 Å². The van der Waals surface area contributed by atoms with Crippen LogP contribution in [0.2, 0.25) is 5.02 Å². The van der Waals surface area contributed by atoms with Crippen LogP contribution < -0.4 is 0 Å². The molecule has 1 aromatic carbocycles. The molecular formula is C16H17ClN4O. The maximum Gasteiger partial charge on any atom is 0.227 e. The summed E-state index contributed by atoms with van der Waals surface area (Å²) in [6.07, 6.45) is 0.665. The summed E-state index contributed by atoms with van der Waals surface area (Å²) in [5.74, 6) is 1.37. The second kappa shape index (κ2) is 5.93. The molecule has 0 radical (unpaired) electrons. The van der Waals surface area contributed by atoms with Crippen LogP contribution in [0.3, 0.4) is 0 Å². The number of halogens is 1. The molecule has 0 amide bonds.